The quantitative estimate of drug-likeness (QED) is 0.827. The van der Waals surface area contributed by atoms with E-state index in [9.17, 15) is 18.4 Å². The smallest absolute Gasteiger partial charge is 0.237 e. The van der Waals surface area contributed by atoms with E-state index in [1.54, 1.807) is 19.2 Å². The van der Waals surface area contributed by atoms with Gasteiger partial charge in [-0.25, -0.2) is 8.78 Å². The van der Waals surface area contributed by atoms with Crippen molar-refractivity contribution in [3.63, 3.8) is 0 Å². The van der Waals surface area contributed by atoms with Crippen LogP contribution in [-0.4, -0.2) is 30.3 Å². The van der Waals surface area contributed by atoms with E-state index in [0.717, 1.165) is 6.07 Å². The summed E-state index contributed by atoms with van der Waals surface area (Å²) >= 11 is 5.92. The molecule has 2 amide bonds. The van der Waals surface area contributed by atoms with Crippen LogP contribution in [0.5, 0.6) is 0 Å². The van der Waals surface area contributed by atoms with Crippen LogP contribution in [0.3, 0.4) is 0 Å². The van der Waals surface area contributed by atoms with Crippen molar-refractivity contribution in [2.45, 2.75) is 12.8 Å². The first-order chi connectivity index (χ1) is 12.3. The molecule has 0 bridgehead atoms. The summed E-state index contributed by atoms with van der Waals surface area (Å²) in [4.78, 5) is 26.7. The van der Waals surface area contributed by atoms with Gasteiger partial charge in [0.15, 0.2) is 0 Å². The molecule has 2 aromatic carbocycles. The maximum atomic E-state index is 13.7. The number of carbonyl (C=O) groups excluding carboxylic acids is 2. The Morgan fingerprint density at radius 2 is 2.00 bits per heavy atom. The van der Waals surface area contributed by atoms with Crippen LogP contribution < -0.4 is 5.32 Å². The summed E-state index contributed by atoms with van der Waals surface area (Å²) in [5, 5.41) is 2.82. The van der Waals surface area contributed by atoms with Crippen LogP contribution in [0.4, 0.5) is 14.5 Å². The summed E-state index contributed by atoms with van der Waals surface area (Å²) in [5.41, 5.74) is 1.06. The van der Waals surface area contributed by atoms with E-state index < -0.39 is 29.4 Å². The Balaban J connectivity index is 1.93. The third-order valence-electron chi connectivity index (χ3n) is 4.64. The van der Waals surface area contributed by atoms with Crippen LogP contribution in [0.2, 0.25) is 5.02 Å². The van der Waals surface area contributed by atoms with Crippen molar-refractivity contribution < 1.29 is 18.4 Å². The van der Waals surface area contributed by atoms with Gasteiger partial charge in [0.25, 0.3) is 0 Å². The third kappa shape index (κ3) is 3.42. The van der Waals surface area contributed by atoms with E-state index in [-0.39, 0.29) is 23.0 Å². The molecule has 0 saturated carbocycles. The molecule has 0 unspecified atom stereocenters. The molecule has 0 aliphatic carbocycles. The van der Waals surface area contributed by atoms with Gasteiger partial charge in [-0.3, -0.25) is 9.59 Å². The van der Waals surface area contributed by atoms with E-state index >= 15 is 0 Å². The molecule has 7 heteroatoms. The second-order valence-electron chi connectivity index (χ2n) is 6.41. The highest BCUT2D eigenvalue weighted by Gasteiger charge is 2.44. The molecule has 1 heterocycles. The highest BCUT2D eigenvalue weighted by Crippen LogP contribution is 2.35. The second-order valence-corrected chi connectivity index (χ2v) is 6.84. The Morgan fingerprint density at radius 1 is 1.27 bits per heavy atom. The number of hydrogen-bond acceptors (Lipinski definition) is 2. The van der Waals surface area contributed by atoms with Crippen LogP contribution in [0.25, 0.3) is 0 Å². The molecule has 1 fully saturated rings. The standard InChI is InChI=1S/C19H17ClF2N2O2/c1-10-15(22)4-3-5-16(10)23-18(25)17-14(9-24(2)19(17)26)11-6-12(20)8-13(21)7-11/h3-8,14,17H,9H2,1-2H3,(H,23,25)/t14-,17+/m1/s1. The minimum atomic E-state index is -1.04. The van der Waals surface area contributed by atoms with Gasteiger partial charge >= 0.3 is 0 Å². The molecule has 2 aromatic rings. The van der Waals surface area contributed by atoms with Crippen LogP contribution >= 0.6 is 11.6 Å². The molecule has 4 nitrogen and oxygen atoms in total. The molecular weight excluding hydrogens is 362 g/mol. The SMILES string of the molecule is Cc1c(F)cccc1NC(=O)[C@H]1C(=O)N(C)C[C@@H]1c1cc(F)cc(Cl)c1. The third-order valence-corrected chi connectivity index (χ3v) is 4.85. The van der Waals surface area contributed by atoms with E-state index in [4.69, 9.17) is 11.6 Å². The monoisotopic (exact) mass is 378 g/mol. The molecule has 1 saturated heterocycles. The number of rotatable bonds is 3. The van der Waals surface area contributed by atoms with Crippen LogP contribution in [-0.2, 0) is 9.59 Å². The van der Waals surface area contributed by atoms with Gasteiger partial charge in [-0.15, -0.1) is 0 Å². The van der Waals surface area contributed by atoms with Crippen molar-refractivity contribution in [1.82, 2.24) is 4.90 Å². The maximum Gasteiger partial charge on any atom is 0.237 e. The highest BCUT2D eigenvalue weighted by atomic mass is 35.5. The lowest BCUT2D eigenvalue weighted by Gasteiger charge is -2.18. The van der Waals surface area contributed by atoms with Crippen LogP contribution in [0, 0.1) is 24.5 Å². The molecule has 26 heavy (non-hydrogen) atoms. The number of amides is 2. The lowest BCUT2D eigenvalue weighted by Crippen LogP contribution is -2.33. The van der Waals surface area contributed by atoms with E-state index in [0.29, 0.717) is 11.3 Å². The molecular formula is C19H17ClF2N2O2. The van der Waals surface area contributed by atoms with Crippen molar-refractivity contribution >= 4 is 29.1 Å². The van der Waals surface area contributed by atoms with Gasteiger partial charge in [-0.2, -0.15) is 0 Å². The van der Waals surface area contributed by atoms with E-state index in [1.807, 2.05) is 0 Å². The van der Waals surface area contributed by atoms with Crippen molar-refractivity contribution in [3.05, 3.63) is 64.2 Å². The summed E-state index contributed by atoms with van der Waals surface area (Å²) < 4.78 is 27.4. The van der Waals surface area contributed by atoms with E-state index in [1.165, 1.54) is 30.0 Å². The van der Waals surface area contributed by atoms with Gasteiger partial charge in [0.05, 0.1) is 0 Å². The predicted octanol–water partition coefficient (Wildman–Crippen LogP) is 3.74. The lowest BCUT2D eigenvalue weighted by atomic mass is 9.87. The number of nitrogens with zero attached hydrogens (tertiary/aromatic N) is 1. The zero-order valence-corrected chi connectivity index (χ0v) is 15.0. The Labute approximate surface area is 154 Å². The molecule has 136 valence electrons. The average Bonchev–Trinajstić information content (AvgIpc) is 2.86. The number of carbonyl (C=O) groups is 2. The van der Waals surface area contributed by atoms with Crippen molar-refractivity contribution in [1.29, 1.82) is 0 Å². The molecule has 0 spiro atoms. The van der Waals surface area contributed by atoms with Crippen LogP contribution in [0.1, 0.15) is 17.0 Å². The second kappa shape index (κ2) is 7.03. The zero-order valence-electron chi connectivity index (χ0n) is 14.2. The first-order valence-corrected chi connectivity index (χ1v) is 8.42. The largest absolute Gasteiger partial charge is 0.344 e. The fourth-order valence-corrected chi connectivity index (χ4v) is 3.47. The molecule has 1 N–H and O–H groups in total. The average molecular weight is 379 g/mol. The number of halogens is 3. The predicted molar refractivity (Wildman–Crippen MR) is 95.0 cm³/mol. The minimum absolute atomic E-state index is 0.196. The Hall–Kier alpha value is -2.47. The number of hydrogen-bond donors (Lipinski definition) is 1. The van der Waals surface area contributed by atoms with Gasteiger partial charge in [0, 0.05) is 35.8 Å². The maximum absolute atomic E-state index is 13.7. The fourth-order valence-electron chi connectivity index (χ4n) is 3.24. The number of nitrogens with one attached hydrogen (secondary N) is 1. The summed E-state index contributed by atoms with van der Waals surface area (Å²) in [6.45, 7) is 1.80. The van der Waals surface area contributed by atoms with Gasteiger partial charge in [-0.1, -0.05) is 17.7 Å². The van der Waals surface area contributed by atoms with Gasteiger partial charge < -0.3 is 10.2 Å². The Morgan fingerprint density at radius 3 is 2.69 bits per heavy atom. The molecule has 1 aliphatic heterocycles. The molecule has 2 atom stereocenters. The molecule has 0 radical (unpaired) electrons. The lowest BCUT2D eigenvalue weighted by molar-refractivity contribution is -0.135. The van der Waals surface area contributed by atoms with Crippen LogP contribution in [0.15, 0.2) is 36.4 Å². The van der Waals surface area contributed by atoms with Gasteiger partial charge in [-0.05, 0) is 42.8 Å². The number of likely N-dealkylation sites (tertiary alicyclic amines) is 1. The summed E-state index contributed by atoms with van der Waals surface area (Å²) in [7, 11) is 1.58. The van der Waals surface area contributed by atoms with Gasteiger partial charge in [0.2, 0.25) is 11.8 Å². The fraction of sp³-hybridized carbons (Fsp3) is 0.263. The van der Waals surface area contributed by atoms with Crippen molar-refractivity contribution in [3.8, 4) is 0 Å². The first kappa shape index (κ1) is 18.3. The normalized spacial score (nSPS) is 19.7. The first-order valence-electron chi connectivity index (χ1n) is 8.05. The van der Waals surface area contributed by atoms with Crippen molar-refractivity contribution in [2.24, 2.45) is 5.92 Å². The topological polar surface area (TPSA) is 49.4 Å². The minimum Gasteiger partial charge on any atom is -0.344 e. The van der Waals surface area contributed by atoms with Crippen molar-refractivity contribution in [2.75, 3.05) is 18.9 Å². The molecule has 1 aliphatic rings. The summed E-state index contributed by atoms with van der Waals surface area (Å²) in [6.07, 6.45) is 0. The number of anilines is 1. The molecule has 0 aromatic heterocycles. The summed E-state index contributed by atoms with van der Waals surface area (Å²) in [5.74, 6) is -3.50. The zero-order chi connectivity index (χ0) is 19.0. The summed E-state index contributed by atoms with van der Waals surface area (Å²) in [6, 6.07) is 8.32. The Bertz CT molecular complexity index is 868. The molecule has 3 rings (SSSR count). The number of benzene rings is 2. The van der Waals surface area contributed by atoms with Gasteiger partial charge in [0.1, 0.15) is 17.6 Å². The number of likely N-dealkylation sites (N-methyl/N-ethyl adjacent to an activating group) is 1. The highest BCUT2D eigenvalue weighted by molar-refractivity contribution is 6.30. The van der Waals surface area contributed by atoms with E-state index in [2.05, 4.69) is 5.32 Å². The Kier molecular flexibility index (Phi) is 4.96.